The Morgan fingerprint density at radius 3 is 2.70 bits per heavy atom. The SMILES string of the molecule is C=CCN(CC=C)CC(Cl)c1ccc2c(c1)ncn2C. The Labute approximate surface area is 125 Å². The molecule has 1 heterocycles. The predicted octanol–water partition coefficient (Wildman–Crippen LogP) is 3.53. The van der Waals surface area contributed by atoms with Gasteiger partial charge in [-0.2, -0.15) is 0 Å². The molecule has 1 aromatic heterocycles. The van der Waals surface area contributed by atoms with Gasteiger partial charge in [0, 0.05) is 26.7 Å². The molecule has 4 heteroatoms. The van der Waals surface area contributed by atoms with E-state index in [1.165, 1.54) is 0 Å². The van der Waals surface area contributed by atoms with E-state index >= 15 is 0 Å². The van der Waals surface area contributed by atoms with Gasteiger partial charge in [-0.05, 0) is 17.7 Å². The first-order valence-electron chi connectivity index (χ1n) is 6.65. The van der Waals surface area contributed by atoms with E-state index < -0.39 is 0 Å². The van der Waals surface area contributed by atoms with Gasteiger partial charge in [0.2, 0.25) is 0 Å². The summed E-state index contributed by atoms with van der Waals surface area (Å²) in [6.45, 7) is 9.92. The van der Waals surface area contributed by atoms with Gasteiger partial charge >= 0.3 is 0 Å². The van der Waals surface area contributed by atoms with Gasteiger partial charge in [-0.15, -0.1) is 24.8 Å². The van der Waals surface area contributed by atoms with E-state index in [2.05, 4.69) is 41.2 Å². The number of fused-ring (bicyclic) bond motifs is 1. The highest BCUT2D eigenvalue weighted by Gasteiger charge is 2.13. The fourth-order valence-electron chi connectivity index (χ4n) is 2.27. The van der Waals surface area contributed by atoms with Crippen molar-refractivity contribution >= 4 is 22.6 Å². The highest BCUT2D eigenvalue weighted by molar-refractivity contribution is 6.21. The van der Waals surface area contributed by atoms with Crippen molar-refractivity contribution in [3.05, 3.63) is 55.4 Å². The fraction of sp³-hybridized carbons (Fsp3) is 0.312. The highest BCUT2D eigenvalue weighted by Crippen LogP contribution is 2.25. The Kier molecular flexibility index (Phi) is 4.99. The van der Waals surface area contributed by atoms with Gasteiger partial charge in [0.1, 0.15) is 0 Å². The van der Waals surface area contributed by atoms with Crippen LogP contribution in [0.25, 0.3) is 11.0 Å². The minimum absolute atomic E-state index is 0.0682. The first-order valence-corrected chi connectivity index (χ1v) is 7.08. The van der Waals surface area contributed by atoms with Crippen molar-refractivity contribution in [1.82, 2.24) is 14.5 Å². The molecule has 0 saturated carbocycles. The Balaban J connectivity index is 2.15. The second kappa shape index (κ2) is 6.73. The summed E-state index contributed by atoms with van der Waals surface area (Å²) < 4.78 is 2.00. The summed E-state index contributed by atoms with van der Waals surface area (Å²) in [6, 6.07) is 6.20. The van der Waals surface area contributed by atoms with Crippen molar-refractivity contribution < 1.29 is 0 Å². The molecule has 0 bridgehead atoms. The predicted molar refractivity (Wildman–Crippen MR) is 86.1 cm³/mol. The van der Waals surface area contributed by atoms with E-state index in [-0.39, 0.29) is 5.38 Å². The molecule has 0 N–H and O–H groups in total. The van der Waals surface area contributed by atoms with E-state index in [1.807, 2.05) is 30.1 Å². The highest BCUT2D eigenvalue weighted by atomic mass is 35.5. The number of aromatic nitrogens is 2. The Morgan fingerprint density at radius 2 is 2.05 bits per heavy atom. The van der Waals surface area contributed by atoms with Gasteiger partial charge in [0.15, 0.2) is 0 Å². The third-order valence-electron chi connectivity index (χ3n) is 3.30. The standard InChI is InChI=1S/C16H20ClN3/c1-4-8-20(9-5-2)11-14(17)13-6-7-16-15(10-13)18-12-19(16)3/h4-7,10,12,14H,1-2,8-9,11H2,3H3. The fourth-order valence-corrected chi connectivity index (χ4v) is 2.60. The van der Waals surface area contributed by atoms with E-state index in [1.54, 1.807) is 0 Å². The molecule has 106 valence electrons. The molecule has 20 heavy (non-hydrogen) atoms. The van der Waals surface area contributed by atoms with Gasteiger partial charge in [0.05, 0.1) is 22.7 Å². The number of hydrogen-bond acceptors (Lipinski definition) is 2. The normalized spacial score (nSPS) is 12.8. The number of aryl methyl sites for hydroxylation is 1. The van der Waals surface area contributed by atoms with Crippen LogP contribution in [-0.4, -0.2) is 34.1 Å². The molecule has 0 amide bonds. The molecule has 0 saturated heterocycles. The molecular weight excluding hydrogens is 270 g/mol. The summed E-state index contributed by atoms with van der Waals surface area (Å²) in [6.07, 6.45) is 5.59. The van der Waals surface area contributed by atoms with Crippen LogP contribution in [0, 0.1) is 0 Å². The summed E-state index contributed by atoms with van der Waals surface area (Å²) >= 11 is 6.53. The number of hydrogen-bond donors (Lipinski definition) is 0. The topological polar surface area (TPSA) is 21.1 Å². The molecule has 1 unspecified atom stereocenters. The van der Waals surface area contributed by atoms with Crippen LogP contribution >= 0.6 is 11.6 Å². The van der Waals surface area contributed by atoms with Crippen LogP contribution in [-0.2, 0) is 7.05 Å². The van der Waals surface area contributed by atoms with Crippen molar-refractivity contribution in [2.45, 2.75) is 5.38 Å². The Bertz CT molecular complexity index is 593. The Hall–Kier alpha value is -1.58. The molecule has 2 aromatic rings. The molecule has 0 radical (unpaired) electrons. The van der Waals surface area contributed by atoms with E-state index in [0.29, 0.717) is 0 Å². The molecule has 0 aliphatic carbocycles. The van der Waals surface area contributed by atoms with Crippen LogP contribution in [0.5, 0.6) is 0 Å². The summed E-state index contributed by atoms with van der Waals surface area (Å²) in [5.74, 6) is 0. The minimum Gasteiger partial charge on any atom is -0.334 e. The second-order valence-corrected chi connectivity index (χ2v) is 5.39. The molecule has 0 fully saturated rings. The molecule has 1 aromatic carbocycles. The number of benzene rings is 1. The van der Waals surface area contributed by atoms with Crippen LogP contribution in [0.3, 0.4) is 0 Å². The van der Waals surface area contributed by atoms with Gasteiger partial charge in [-0.3, -0.25) is 4.90 Å². The van der Waals surface area contributed by atoms with E-state index in [0.717, 1.165) is 36.2 Å². The van der Waals surface area contributed by atoms with Gasteiger partial charge in [-0.1, -0.05) is 18.2 Å². The largest absolute Gasteiger partial charge is 0.334 e. The lowest BCUT2D eigenvalue weighted by molar-refractivity contribution is 0.335. The molecule has 3 nitrogen and oxygen atoms in total. The average molecular weight is 290 g/mol. The number of rotatable bonds is 7. The monoisotopic (exact) mass is 289 g/mol. The average Bonchev–Trinajstić information content (AvgIpc) is 2.80. The maximum Gasteiger partial charge on any atom is 0.0955 e. The third-order valence-corrected chi connectivity index (χ3v) is 3.69. The number of nitrogens with zero attached hydrogens (tertiary/aromatic N) is 3. The lowest BCUT2D eigenvalue weighted by atomic mass is 10.1. The van der Waals surface area contributed by atoms with Crippen molar-refractivity contribution in [3.8, 4) is 0 Å². The molecular formula is C16H20ClN3. The zero-order valence-corrected chi connectivity index (χ0v) is 12.6. The van der Waals surface area contributed by atoms with Crippen LogP contribution < -0.4 is 0 Å². The van der Waals surface area contributed by atoms with Crippen molar-refractivity contribution in [2.24, 2.45) is 7.05 Å². The van der Waals surface area contributed by atoms with Crippen LogP contribution in [0.15, 0.2) is 49.8 Å². The van der Waals surface area contributed by atoms with Gasteiger partial charge < -0.3 is 4.57 Å². The zero-order valence-electron chi connectivity index (χ0n) is 11.8. The third kappa shape index (κ3) is 3.30. The quantitative estimate of drug-likeness (QED) is 0.574. The van der Waals surface area contributed by atoms with Crippen molar-refractivity contribution in [1.29, 1.82) is 0 Å². The second-order valence-electron chi connectivity index (χ2n) is 4.87. The van der Waals surface area contributed by atoms with Crippen LogP contribution in [0.1, 0.15) is 10.9 Å². The summed E-state index contributed by atoms with van der Waals surface area (Å²) in [5, 5.41) is -0.0682. The first kappa shape index (κ1) is 14.8. The van der Waals surface area contributed by atoms with Crippen LogP contribution in [0.2, 0.25) is 0 Å². The van der Waals surface area contributed by atoms with Gasteiger partial charge in [0.25, 0.3) is 0 Å². The molecule has 0 aliphatic rings. The smallest absolute Gasteiger partial charge is 0.0955 e. The molecule has 0 spiro atoms. The maximum atomic E-state index is 6.53. The lowest BCUT2D eigenvalue weighted by Gasteiger charge is -2.22. The molecule has 1 atom stereocenters. The summed E-state index contributed by atoms with van der Waals surface area (Å²) in [5.41, 5.74) is 3.19. The minimum atomic E-state index is -0.0682. The van der Waals surface area contributed by atoms with Gasteiger partial charge in [-0.25, -0.2) is 4.98 Å². The number of alkyl halides is 1. The summed E-state index contributed by atoms with van der Waals surface area (Å²) in [7, 11) is 1.99. The Morgan fingerprint density at radius 1 is 1.35 bits per heavy atom. The number of halogens is 1. The van der Waals surface area contributed by atoms with E-state index in [4.69, 9.17) is 11.6 Å². The van der Waals surface area contributed by atoms with Crippen LogP contribution in [0.4, 0.5) is 0 Å². The number of imidazole rings is 1. The molecule has 2 rings (SSSR count). The van der Waals surface area contributed by atoms with Crippen molar-refractivity contribution in [3.63, 3.8) is 0 Å². The lowest BCUT2D eigenvalue weighted by Crippen LogP contribution is -2.27. The van der Waals surface area contributed by atoms with Crippen molar-refractivity contribution in [2.75, 3.05) is 19.6 Å². The molecule has 0 aliphatic heterocycles. The first-order chi connectivity index (χ1) is 9.65. The van der Waals surface area contributed by atoms with E-state index in [9.17, 15) is 0 Å². The summed E-state index contributed by atoms with van der Waals surface area (Å²) in [4.78, 5) is 6.58. The zero-order chi connectivity index (χ0) is 14.5. The maximum absolute atomic E-state index is 6.53.